The zero-order chi connectivity index (χ0) is 24.7. The third kappa shape index (κ3) is 3.95. The van der Waals surface area contributed by atoms with Crippen molar-refractivity contribution in [2.24, 2.45) is 5.73 Å². The zero-order valence-electron chi connectivity index (χ0n) is 18.9. The van der Waals surface area contributed by atoms with Gasteiger partial charge in [-0.25, -0.2) is 13.9 Å². The minimum Gasteiger partial charge on any atom is -0.476 e. The van der Waals surface area contributed by atoms with Gasteiger partial charge in [-0.05, 0) is 61.7 Å². The number of nitrogens with two attached hydrogens (primary N) is 1. The van der Waals surface area contributed by atoms with Gasteiger partial charge in [0.2, 0.25) is 5.91 Å². The largest absolute Gasteiger partial charge is 0.476 e. The number of nitrogens with zero attached hydrogens (tertiary/aromatic N) is 4. The normalized spacial score (nSPS) is 15.9. The van der Waals surface area contributed by atoms with Crippen LogP contribution in [0.3, 0.4) is 0 Å². The molecule has 1 aromatic heterocycles. The minimum atomic E-state index is -1.24. The predicted octanol–water partition coefficient (Wildman–Crippen LogP) is 2.89. The van der Waals surface area contributed by atoms with Crippen molar-refractivity contribution in [3.05, 3.63) is 70.8 Å². The number of carbonyl (C=O) groups is 3. The van der Waals surface area contributed by atoms with E-state index in [0.717, 1.165) is 18.5 Å². The Hall–Kier alpha value is -4.05. The summed E-state index contributed by atoms with van der Waals surface area (Å²) in [4.78, 5) is 41.0. The molecule has 2 aromatic carbocycles. The Bertz CT molecular complexity index is 1330. The first-order valence-electron chi connectivity index (χ1n) is 11.5. The molecule has 35 heavy (non-hydrogen) atoms. The summed E-state index contributed by atoms with van der Waals surface area (Å²) in [7, 11) is 0. The molecule has 9 nitrogen and oxygen atoms in total. The molecular formula is C25H24FN5O4. The Morgan fingerprint density at radius 2 is 1.66 bits per heavy atom. The van der Waals surface area contributed by atoms with Crippen molar-refractivity contribution in [3.8, 4) is 5.69 Å². The lowest BCUT2D eigenvalue weighted by Gasteiger charge is -2.29. The van der Waals surface area contributed by atoms with Crippen molar-refractivity contribution in [3.63, 3.8) is 0 Å². The Balaban J connectivity index is 1.52. The number of rotatable bonds is 5. The number of piperidine rings is 1. The molecule has 0 aliphatic carbocycles. The lowest BCUT2D eigenvalue weighted by Crippen LogP contribution is -2.39. The average molecular weight is 477 g/mol. The van der Waals surface area contributed by atoms with Crippen LogP contribution < -0.4 is 15.5 Å². The summed E-state index contributed by atoms with van der Waals surface area (Å²) in [6.45, 7) is 0.891. The van der Waals surface area contributed by atoms with Gasteiger partial charge < -0.3 is 20.6 Å². The Kier molecular flexibility index (Phi) is 5.81. The van der Waals surface area contributed by atoms with Crippen molar-refractivity contribution in [1.82, 2.24) is 9.78 Å². The molecule has 2 aliphatic heterocycles. The topological polar surface area (TPSA) is 122 Å². The van der Waals surface area contributed by atoms with Crippen LogP contribution in [0.4, 0.5) is 15.8 Å². The number of hydrogen-bond donors (Lipinski definition) is 2. The molecule has 1 saturated heterocycles. The molecule has 3 heterocycles. The summed E-state index contributed by atoms with van der Waals surface area (Å²) in [6, 6.07) is 11.3. The first kappa shape index (κ1) is 22.7. The van der Waals surface area contributed by atoms with E-state index in [9.17, 15) is 23.9 Å². The highest BCUT2D eigenvalue weighted by Crippen LogP contribution is 2.31. The third-order valence-electron chi connectivity index (χ3n) is 6.51. The van der Waals surface area contributed by atoms with Crippen LogP contribution in [0.1, 0.15) is 51.4 Å². The number of amides is 2. The van der Waals surface area contributed by atoms with Crippen molar-refractivity contribution in [1.29, 1.82) is 0 Å². The van der Waals surface area contributed by atoms with Crippen LogP contribution in [0, 0.1) is 5.82 Å². The van der Waals surface area contributed by atoms with Crippen LogP contribution in [0.5, 0.6) is 0 Å². The van der Waals surface area contributed by atoms with Crippen LogP contribution in [-0.2, 0) is 17.8 Å². The smallest absolute Gasteiger partial charge is 0.356 e. The molecule has 0 atom stereocenters. The van der Waals surface area contributed by atoms with Gasteiger partial charge in [0.15, 0.2) is 5.69 Å². The first-order chi connectivity index (χ1) is 16.9. The number of halogens is 1. The SMILES string of the molecule is NCc1cc(-n2nc(C(=O)O)c3c2C(=O)N(c2ccc(N4CCCCC4=O)cc2)CC3)ccc1F. The summed E-state index contributed by atoms with van der Waals surface area (Å²) < 4.78 is 15.3. The van der Waals surface area contributed by atoms with E-state index in [0.29, 0.717) is 36.3 Å². The number of aromatic carboxylic acids is 1. The summed E-state index contributed by atoms with van der Waals surface area (Å²) in [5, 5.41) is 13.9. The Morgan fingerprint density at radius 1 is 0.971 bits per heavy atom. The fourth-order valence-corrected chi connectivity index (χ4v) is 4.71. The van der Waals surface area contributed by atoms with Gasteiger partial charge in [-0.1, -0.05) is 0 Å². The van der Waals surface area contributed by atoms with E-state index in [1.165, 1.54) is 22.9 Å². The molecule has 10 heteroatoms. The van der Waals surface area contributed by atoms with Gasteiger partial charge in [0.05, 0.1) is 5.69 Å². The molecule has 1 fully saturated rings. The molecule has 3 aromatic rings. The predicted molar refractivity (Wildman–Crippen MR) is 126 cm³/mol. The van der Waals surface area contributed by atoms with Gasteiger partial charge in [-0.2, -0.15) is 5.10 Å². The molecule has 0 saturated carbocycles. The summed E-state index contributed by atoms with van der Waals surface area (Å²) in [5.74, 6) is -2.05. The zero-order valence-corrected chi connectivity index (χ0v) is 18.9. The Labute approximate surface area is 200 Å². The molecule has 180 valence electrons. The van der Waals surface area contributed by atoms with E-state index in [2.05, 4.69) is 5.10 Å². The highest BCUT2D eigenvalue weighted by Gasteiger charge is 2.35. The third-order valence-corrected chi connectivity index (χ3v) is 6.51. The molecular weight excluding hydrogens is 453 g/mol. The number of fused-ring (bicyclic) bond motifs is 1. The van der Waals surface area contributed by atoms with Gasteiger partial charge in [0.25, 0.3) is 5.91 Å². The molecule has 3 N–H and O–H groups in total. The van der Waals surface area contributed by atoms with Crippen molar-refractivity contribution < 1.29 is 23.9 Å². The van der Waals surface area contributed by atoms with Gasteiger partial charge in [0.1, 0.15) is 11.5 Å². The van der Waals surface area contributed by atoms with Crippen LogP contribution in [0.2, 0.25) is 0 Å². The molecule has 0 unspecified atom stereocenters. The van der Waals surface area contributed by atoms with E-state index in [1.54, 1.807) is 21.9 Å². The lowest BCUT2D eigenvalue weighted by atomic mass is 10.0. The van der Waals surface area contributed by atoms with Crippen molar-refractivity contribution in [2.75, 3.05) is 22.9 Å². The molecule has 0 spiro atoms. The second kappa shape index (κ2) is 8.95. The van der Waals surface area contributed by atoms with Gasteiger partial charge >= 0.3 is 5.97 Å². The van der Waals surface area contributed by atoms with Crippen LogP contribution in [0.25, 0.3) is 5.69 Å². The molecule has 2 aliphatic rings. The van der Waals surface area contributed by atoms with Crippen LogP contribution in [0.15, 0.2) is 42.5 Å². The number of anilines is 2. The highest BCUT2D eigenvalue weighted by molar-refractivity contribution is 6.09. The number of hydrogen-bond acceptors (Lipinski definition) is 5. The highest BCUT2D eigenvalue weighted by atomic mass is 19.1. The van der Waals surface area contributed by atoms with E-state index in [-0.39, 0.29) is 35.9 Å². The maximum atomic E-state index is 14.0. The molecule has 0 radical (unpaired) electrons. The quantitative estimate of drug-likeness (QED) is 0.583. The number of benzene rings is 2. The van der Waals surface area contributed by atoms with Crippen LogP contribution in [-0.4, -0.2) is 45.8 Å². The van der Waals surface area contributed by atoms with Gasteiger partial charge in [0, 0.05) is 48.6 Å². The Morgan fingerprint density at radius 3 is 2.31 bits per heavy atom. The maximum absolute atomic E-state index is 14.0. The van der Waals surface area contributed by atoms with E-state index < -0.39 is 17.7 Å². The molecule has 5 rings (SSSR count). The van der Waals surface area contributed by atoms with Gasteiger partial charge in [-0.15, -0.1) is 0 Å². The molecule has 0 bridgehead atoms. The maximum Gasteiger partial charge on any atom is 0.356 e. The van der Waals surface area contributed by atoms with E-state index >= 15 is 0 Å². The monoisotopic (exact) mass is 477 g/mol. The lowest BCUT2D eigenvalue weighted by molar-refractivity contribution is -0.119. The number of carboxylic acid groups (broad SMARTS) is 1. The van der Waals surface area contributed by atoms with Gasteiger partial charge in [-0.3, -0.25) is 9.59 Å². The summed E-state index contributed by atoms with van der Waals surface area (Å²) in [5.41, 5.74) is 7.87. The molecule has 2 amide bonds. The summed E-state index contributed by atoms with van der Waals surface area (Å²) in [6.07, 6.45) is 2.66. The second-order valence-electron chi connectivity index (χ2n) is 8.60. The number of carboxylic acids is 1. The standard InChI is InChI=1S/C25H24FN5O4/c26-20-9-8-18(13-15(20)14-27)31-23-19(22(28-31)25(34)35)10-12-30(24(23)33)17-6-4-16(5-7-17)29-11-2-1-3-21(29)32/h4-9,13H,1-3,10-12,14,27H2,(H,34,35). The summed E-state index contributed by atoms with van der Waals surface area (Å²) >= 11 is 0. The minimum absolute atomic E-state index is 0.0547. The van der Waals surface area contributed by atoms with E-state index in [4.69, 9.17) is 5.73 Å². The van der Waals surface area contributed by atoms with Crippen LogP contribution >= 0.6 is 0 Å². The number of aromatic nitrogens is 2. The fourth-order valence-electron chi connectivity index (χ4n) is 4.71. The fraction of sp³-hybridized carbons (Fsp3) is 0.280. The average Bonchev–Trinajstić information content (AvgIpc) is 3.26. The van der Waals surface area contributed by atoms with Crippen molar-refractivity contribution in [2.45, 2.75) is 32.2 Å². The van der Waals surface area contributed by atoms with E-state index in [1.807, 2.05) is 12.1 Å². The first-order valence-corrected chi connectivity index (χ1v) is 11.5. The second-order valence-corrected chi connectivity index (χ2v) is 8.60. The number of carbonyl (C=O) groups excluding carboxylic acids is 2. The van der Waals surface area contributed by atoms with Crippen molar-refractivity contribution >= 4 is 29.2 Å².